The van der Waals surface area contributed by atoms with E-state index in [2.05, 4.69) is 0 Å². The van der Waals surface area contributed by atoms with Crippen LogP contribution in [0.1, 0.15) is 99.7 Å². The van der Waals surface area contributed by atoms with Gasteiger partial charge in [-0.1, -0.05) is 18.2 Å². The molecule has 0 bridgehead atoms. The molecule has 1 atom stereocenters. The fourth-order valence-electron chi connectivity index (χ4n) is 5.97. The number of hydrogen-bond acceptors (Lipinski definition) is 2. The van der Waals surface area contributed by atoms with E-state index < -0.39 is 23.3 Å². The van der Waals surface area contributed by atoms with Crippen molar-refractivity contribution in [1.29, 1.82) is 0 Å². The lowest BCUT2D eigenvalue weighted by atomic mass is 9.74. The lowest BCUT2D eigenvalue weighted by Crippen LogP contribution is -2.23. The van der Waals surface area contributed by atoms with E-state index in [9.17, 15) is 13.9 Å². The maximum Gasteiger partial charge on any atom is 0.200 e. The molecular weight excluding hydrogens is 444 g/mol. The summed E-state index contributed by atoms with van der Waals surface area (Å²) in [4.78, 5) is 0. The van der Waals surface area contributed by atoms with Gasteiger partial charge in [-0.2, -0.15) is 4.39 Å². The van der Waals surface area contributed by atoms with Crippen LogP contribution in [-0.2, 0) is 0 Å². The first kappa shape index (κ1) is 25.0. The number of halogens is 4. The van der Waals surface area contributed by atoms with Gasteiger partial charge in [0.25, 0.3) is 0 Å². The Labute approximate surface area is 199 Å². The summed E-state index contributed by atoms with van der Waals surface area (Å²) in [6.45, 7) is 3.75. The monoisotopic (exact) mass is 478 g/mol. The van der Waals surface area contributed by atoms with Crippen molar-refractivity contribution in [2.24, 2.45) is 5.92 Å². The van der Waals surface area contributed by atoms with Gasteiger partial charge in [-0.25, -0.2) is 13.2 Å². The fraction of sp³-hybridized carbons (Fsp3) is 0.571. The maximum absolute atomic E-state index is 15.1. The molecule has 2 aromatic carbocycles. The molecule has 186 valence electrons. The van der Waals surface area contributed by atoms with E-state index in [-0.39, 0.29) is 42.1 Å². The summed E-state index contributed by atoms with van der Waals surface area (Å²) in [6.07, 6.45) is 5.12. The van der Waals surface area contributed by atoms with E-state index in [0.29, 0.717) is 42.4 Å². The molecule has 0 saturated heterocycles. The van der Waals surface area contributed by atoms with E-state index in [1.165, 1.54) is 6.07 Å². The second-order valence-electron chi connectivity index (χ2n) is 9.99. The number of hydrogen-bond donors (Lipinski definition) is 1. The predicted octanol–water partition coefficient (Wildman–Crippen LogP) is 7.74. The minimum absolute atomic E-state index is 0.0215. The molecule has 2 saturated carbocycles. The van der Waals surface area contributed by atoms with Crippen LogP contribution in [0.25, 0.3) is 0 Å². The van der Waals surface area contributed by atoms with E-state index in [1.54, 1.807) is 32.0 Å². The highest BCUT2D eigenvalue weighted by Crippen LogP contribution is 2.44. The first-order chi connectivity index (χ1) is 16.3. The number of benzene rings is 2. The van der Waals surface area contributed by atoms with Crippen molar-refractivity contribution in [3.63, 3.8) is 0 Å². The van der Waals surface area contributed by atoms with Crippen molar-refractivity contribution in [2.75, 3.05) is 6.61 Å². The molecule has 2 nitrogen and oxygen atoms in total. The summed E-state index contributed by atoms with van der Waals surface area (Å²) in [5.74, 6) is -3.53. The van der Waals surface area contributed by atoms with Gasteiger partial charge in [0.05, 0.1) is 12.7 Å². The summed E-state index contributed by atoms with van der Waals surface area (Å²) in [7, 11) is 0. The quantitative estimate of drug-likeness (QED) is 0.430. The highest BCUT2D eigenvalue weighted by atomic mass is 19.2. The van der Waals surface area contributed by atoms with E-state index in [0.717, 1.165) is 25.7 Å². The number of rotatable bonds is 6. The van der Waals surface area contributed by atoms with Gasteiger partial charge in [-0.15, -0.1) is 0 Å². The molecular formula is C28H34F4O2. The zero-order valence-corrected chi connectivity index (χ0v) is 19.9. The molecule has 0 amide bonds. The van der Waals surface area contributed by atoms with Gasteiger partial charge in [-0.05, 0) is 112 Å². The van der Waals surface area contributed by atoms with Crippen molar-refractivity contribution in [3.8, 4) is 5.75 Å². The van der Waals surface area contributed by atoms with Gasteiger partial charge in [0, 0.05) is 0 Å². The van der Waals surface area contributed by atoms with Crippen LogP contribution >= 0.6 is 0 Å². The first-order valence-electron chi connectivity index (χ1n) is 12.6. The summed E-state index contributed by atoms with van der Waals surface area (Å²) >= 11 is 0. The zero-order valence-electron chi connectivity index (χ0n) is 19.9. The molecule has 34 heavy (non-hydrogen) atoms. The summed E-state index contributed by atoms with van der Waals surface area (Å²) in [5.41, 5.74) is 1.15. The fourth-order valence-corrected chi connectivity index (χ4v) is 5.97. The van der Waals surface area contributed by atoms with Crippen LogP contribution in [-0.4, -0.2) is 17.8 Å². The van der Waals surface area contributed by atoms with Gasteiger partial charge in [-0.3, -0.25) is 0 Å². The molecule has 1 N–H and O–H groups in total. The third-order valence-electron chi connectivity index (χ3n) is 8.02. The zero-order chi connectivity index (χ0) is 24.4. The van der Waals surface area contributed by atoms with Gasteiger partial charge in [0.15, 0.2) is 23.2 Å². The third kappa shape index (κ3) is 4.98. The minimum Gasteiger partial charge on any atom is -0.491 e. The Morgan fingerprint density at radius 3 is 1.50 bits per heavy atom. The Bertz CT molecular complexity index is 990. The number of ether oxygens (including phenoxy) is 1. The Kier molecular flexibility index (Phi) is 7.86. The highest BCUT2D eigenvalue weighted by molar-refractivity contribution is 5.35. The molecule has 0 spiro atoms. The molecule has 4 rings (SSSR count). The Balaban J connectivity index is 1.43. The molecule has 1 unspecified atom stereocenters. The SMILES string of the molecule is CCOc1ccc(C2CCC(c3ccc(C4CCC(C(C)O)CC4)c(F)c3F)CC2)c(F)c1F. The van der Waals surface area contributed by atoms with Crippen molar-refractivity contribution in [3.05, 3.63) is 64.2 Å². The van der Waals surface area contributed by atoms with Gasteiger partial charge in [0.2, 0.25) is 5.82 Å². The number of aliphatic hydroxyl groups excluding tert-OH is 1. The largest absolute Gasteiger partial charge is 0.491 e. The molecule has 0 aromatic heterocycles. The molecule has 0 heterocycles. The van der Waals surface area contributed by atoms with E-state index in [4.69, 9.17) is 4.74 Å². The molecule has 6 heteroatoms. The molecule has 0 radical (unpaired) electrons. The molecule has 2 fully saturated rings. The predicted molar refractivity (Wildman–Crippen MR) is 124 cm³/mol. The van der Waals surface area contributed by atoms with Crippen LogP contribution in [0, 0.1) is 29.2 Å². The van der Waals surface area contributed by atoms with Gasteiger partial charge in [0.1, 0.15) is 0 Å². The van der Waals surface area contributed by atoms with Crippen LogP contribution in [0.15, 0.2) is 24.3 Å². The topological polar surface area (TPSA) is 29.5 Å². The Morgan fingerprint density at radius 2 is 1.09 bits per heavy atom. The van der Waals surface area contributed by atoms with Crippen LogP contribution < -0.4 is 4.74 Å². The second kappa shape index (κ2) is 10.7. The minimum atomic E-state index is -0.965. The summed E-state index contributed by atoms with van der Waals surface area (Å²) in [5, 5.41) is 9.79. The van der Waals surface area contributed by atoms with Crippen LogP contribution in [0.4, 0.5) is 17.6 Å². The molecule has 2 aliphatic rings. The van der Waals surface area contributed by atoms with Crippen LogP contribution in [0.5, 0.6) is 5.75 Å². The molecule has 2 aromatic rings. The van der Waals surface area contributed by atoms with Gasteiger partial charge >= 0.3 is 0 Å². The average molecular weight is 479 g/mol. The normalized spacial score (nSPS) is 26.3. The Morgan fingerprint density at radius 1 is 0.706 bits per heavy atom. The first-order valence-corrected chi connectivity index (χ1v) is 12.6. The maximum atomic E-state index is 15.1. The smallest absolute Gasteiger partial charge is 0.200 e. The van der Waals surface area contributed by atoms with E-state index in [1.807, 2.05) is 0 Å². The van der Waals surface area contributed by atoms with Crippen molar-refractivity contribution < 1.29 is 27.4 Å². The lowest BCUT2D eigenvalue weighted by molar-refractivity contribution is 0.0963. The summed E-state index contributed by atoms with van der Waals surface area (Å²) < 4.78 is 64.2. The van der Waals surface area contributed by atoms with Crippen molar-refractivity contribution in [1.82, 2.24) is 0 Å². The van der Waals surface area contributed by atoms with Crippen molar-refractivity contribution >= 4 is 0 Å². The summed E-state index contributed by atoms with van der Waals surface area (Å²) in [6, 6.07) is 6.49. The third-order valence-corrected chi connectivity index (χ3v) is 8.02. The van der Waals surface area contributed by atoms with Gasteiger partial charge < -0.3 is 9.84 Å². The van der Waals surface area contributed by atoms with E-state index >= 15 is 8.78 Å². The van der Waals surface area contributed by atoms with Crippen molar-refractivity contribution in [2.45, 2.75) is 89.1 Å². The number of aliphatic hydroxyl groups is 1. The van der Waals surface area contributed by atoms with Crippen LogP contribution in [0.3, 0.4) is 0 Å². The van der Waals surface area contributed by atoms with Crippen LogP contribution in [0.2, 0.25) is 0 Å². The Hall–Kier alpha value is -2.08. The lowest BCUT2D eigenvalue weighted by Gasteiger charge is -2.32. The second-order valence-corrected chi connectivity index (χ2v) is 9.99. The average Bonchev–Trinajstić information content (AvgIpc) is 2.84. The molecule has 0 aliphatic heterocycles. The highest BCUT2D eigenvalue weighted by Gasteiger charge is 2.32. The standard InChI is InChI=1S/C28H34F4O2/c1-3-34-24-15-14-23(27(31)28(24)32)20-10-8-19(9-11-20)22-13-12-21(25(29)26(22)30)18-6-4-17(5-7-18)16(2)33/h12-20,33H,3-11H2,1-2H3. The molecule has 2 aliphatic carbocycles.